The molecule has 3 aliphatic rings. The number of nitrogens with one attached hydrogen (secondary N) is 1. The maximum atomic E-state index is 13.2. The standard InChI is InChI=1S/C28H31N3O4S/c32-24-14-13-22(26(33)29-24)31-27(34)21-7-4-8-23(25(21)28(31)35)36-17-5-6-19-9-11-20(12-10-19)18-30-15-2-1-3-16-30/h4,7-12,22H,1-3,5-6,13-18H2,(H,29,32,33). The summed E-state index contributed by atoms with van der Waals surface area (Å²) < 4.78 is 0. The molecule has 8 heteroatoms. The number of thioether (sulfide) groups is 1. The molecule has 3 heterocycles. The quantitative estimate of drug-likeness (QED) is 0.334. The molecule has 7 nitrogen and oxygen atoms in total. The third kappa shape index (κ3) is 5.25. The van der Waals surface area contributed by atoms with Crippen LogP contribution in [0, 0.1) is 0 Å². The first-order chi connectivity index (χ1) is 17.5. The van der Waals surface area contributed by atoms with E-state index in [1.807, 2.05) is 6.07 Å². The molecular weight excluding hydrogens is 474 g/mol. The van der Waals surface area contributed by atoms with Crippen LogP contribution in [-0.4, -0.2) is 58.3 Å². The Morgan fingerprint density at radius 2 is 1.64 bits per heavy atom. The van der Waals surface area contributed by atoms with Gasteiger partial charge < -0.3 is 0 Å². The monoisotopic (exact) mass is 505 g/mol. The SMILES string of the molecule is O=C1CCC(N2C(=O)c3cccc(SCCCc4ccc(CN5CCCCC5)cc4)c3C2=O)C(=O)N1. The van der Waals surface area contributed by atoms with Crippen LogP contribution in [0.1, 0.15) is 70.4 Å². The molecule has 0 radical (unpaired) electrons. The van der Waals surface area contributed by atoms with Crippen molar-refractivity contribution in [3.8, 4) is 0 Å². The van der Waals surface area contributed by atoms with E-state index in [0.29, 0.717) is 11.1 Å². The number of rotatable bonds is 8. The van der Waals surface area contributed by atoms with Crippen molar-refractivity contribution in [3.05, 3.63) is 64.7 Å². The molecule has 0 aromatic heterocycles. The number of imide groups is 2. The molecule has 2 aromatic rings. The molecule has 2 aromatic carbocycles. The van der Waals surface area contributed by atoms with Gasteiger partial charge in [0.05, 0.1) is 11.1 Å². The average Bonchev–Trinajstić information content (AvgIpc) is 3.14. The molecule has 2 fully saturated rings. The molecule has 0 spiro atoms. The second-order valence-electron chi connectivity index (χ2n) is 9.73. The van der Waals surface area contributed by atoms with Crippen LogP contribution in [0.15, 0.2) is 47.4 Å². The van der Waals surface area contributed by atoms with Gasteiger partial charge >= 0.3 is 0 Å². The van der Waals surface area contributed by atoms with E-state index >= 15 is 0 Å². The Morgan fingerprint density at radius 3 is 2.39 bits per heavy atom. The number of piperidine rings is 2. The lowest BCUT2D eigenvalue weighted by atomic mass is 10.0. The summed E-state index contributed by atoms with van der Waals surface area (Å²) in [5, 5.41) is 2.24. The summed E-state index contributed by atoms with van der Waals surface area (Å²) >= 11 is 1.57. The van der Waals surface area contributed by atoms with Crippen molar-refractivity contribution in [1.82, 2.24) is 15.1 Å². The minimum atomic E-state index is -0.939. The van der Waals surface area contributed by atoms with Gasteiger partial charge in [-0.05, 0) is 74.2 Å². The first-order valence-electron chi connectivity index (χ1n) is 12.8. The van der Waals surface area contributed by atoms with Crippen molar-refractivity contribution >= 4 is 35.4 Å². The van der Waals surface area contributed by atoms with Gasteiger partial charge in [0.1, 0.15) is 6.04 Å². The summed E-state index contributed by atoms with van der Waals surface area (Å²) in [6.45, 7) is 3.42. The second kappa shape index (κ2) is 11.0. The Hall–Kier alpha value is -2.97. The number of nitrogens with zero attached hydrogens (tertiary/aromatic N) is 2. The number of hydrogen-bond donors (Lipinski definition) is 1. The smallest absolute Gasteiger partial charge is 0.263 e. The third-order valence-electron chi connectivity index (χ3n) is 7.18. The van der Waals surface area contributed by atoms with E-state index < -0.39 is 23.8 Å². The van der Waals surface area contributed by atoms with Crippen LogP contribution in [0.25, 0.3) is 0 Å². The van der Waals surface area contributed by atoms with E-state index in [9.17, 15) is 19.2 Å². The van der Waals surface area contributed by atoms with Crippen molar-refractivity contribution in [1.29, 1.82) is 0 Å². The van der Waals surface area contributed by atoms with Crippen molar-refractivity contribution in [2.24, 2.45) is 0 Å². The summed E-state index contributed by atoms with van der Waals surface area (Å²) in [5.41, 5.74) is 3.36. The van der Waals surface area contributed by atoms with E-state index in [4.69, 9.17) is 0 Å². The number of likely N-dealkylation sites (tertiary alicyclic amines) is 1. The molecule has 4 amide bonds. The number of amides is 4. The van der Waals surface area contributed by atoms with Gasteiger partial charge in [-0.3, -0.25) is 34.3 Å². The maximum Gasteiger partial charge on any atom is 0.263 e. The van der Waals surface area contributed by atoms with Crippen LogP contribution in [-0.2, 0) is 22.6 Å². The van der Waals surface area contributed by atoms with Crippen LogP contribution in [0.5, 0.6) is 0 Å². The van der Waals surface area contributed by atoms with E-state index in [0.717, 1.165) is 34.9 Å². The average molecular weight is 506 g/mol. The van der Waals surface area contributed by atoms with Crippen LogP contribution in [0.2, 0.25) is 0 Å². The summed E-state index contributed by atoms with van der Waals surface area (Å²) in [6, 6.07) is 13.2. The highest BCUT2D eigenvalue weighted by Crippen LogP contribution is 2.34. The minimum absolute atomic E-state index is 0.116. The highest BCUT2D eigenvalue weighted by molar-refractivity contribution is 7.99. The first kappa shape index (κ1) is 24.7. The summed E-state index contributed by atoms with van der Waals surface area (Å²) in [4.78, 5) is 54.3. The lowest BCUT2D eigenvalue weighted by Gasteiger charge is -2.27. The molecule has 0 bridgehead atoms. The zero-order valence-corrected chi connectivity index (χ0v) is 21.1. The number of carbonyl (C=O) groups is 4. The Morgan fingerprint density at radius 1 is 0.889 bits per heavy atom. The van der Waals surface area contributed by atoms with E-state index in [1.165, 1.54) is 43.5 Å². The largest absolute Gasteiger partial charge is 0.299 e. The van der Waals surface area contributed by atoms with Crippen LogP contribution in [0.4, 0.5) is 0 Å². The molecule has 1 atom stereocenters. The van der Waals surface area contributed by atoms with Crippen molar-refractivity contribution in [2.45, 2.75) is 62.4 Å². The molecule has 2 saturated heterocycles. The predicted molar refractivity (Wildman–Crippen MR) is 138 cm³/mol. The molecule has 0 aliphatic carbocycles. The molecule has 1 N–H and O–H groups in total. The first-order valence-corrected chi connectivity index (χ1v) is 13.8. The maximum absolute atomic E-state index is 13.2. The van der Waals surface area contributed by atoms with Gasteiger partial charge in [-0.25, -0.2) is 0 Å². The molecule has 3 aliphatic heterocycles. The van der Waals surface area contributed by atoms with Gasteiger partial charge in [0.15, 0.2) is 0 Å². The Kier molecular flexibility index (Phi) is 7.53. The normalized spacial score (nSPS) is 20.6. The molecule has 36 heavy (non-hydrogen) atoms. The second-order valence-corrected chi connectivity index (χ2v) is 10.9. The van der Waals surface area contributed by atoms with Gasteiger partial charge in [-0.15, -0.1) is 11.8 Å². The number of aryl methyl sites for hydroxylation is 1. The Balaban J connectivity index is 1.16. The summed E-state index contributed by atoms with van der Waals surface area (Å²) in [5.74, 6) is -1.06. The van der Waals surface area contributed by atoms with Gasteiger partial charge in [0.25, 0.3) is 11.8 Å². The Bertz CT molecular complexity index is 1170. The van der Waals surface area contributed by atoms with Crippen molar-refractivity contribution in [2.75, 3.05) is 18.8 Å². The number of carbonyl (C=O) groups excluding carboxylic acids is 4. The molecule has 5 rings (SSSR count). The third-order valence-corrected chi connectivity index (χ3v) is 8.32. The highest BCUT2D eigenvalue weighted by atomic mass is 32.2. The molecule has 1 unspecified atom stereocenters. The van der Waals surface area contributed by atoms with E-state index in [-0.39, 0.29) is 18.7 Å². The van der Waals surface area contributed by atoms with Gasteiger partial charge in [-0.1, -0.05) is 36.8 Å². The number of benzene rings is 2. The van der Waals surface area contributed by atoms with Crippen LogP contribution in [0.3, 0.4) is 0 Å². The highest BCUT2D eigenvalue weighted by Gasteiger charge is 2.45. The summed E-state index contributed by atoms with van der Waals surface area (Å²) in [7, 11) is 0. The number of hydrogen-bond acceptors (Lipinski definition) is 6. The minimum Gasteiger partial charge on any atom is -0.299 e. The lowest BCUT2D eigenvalue weighted by Crippen LogP contribution is -2.54. The fraction of sp³-hybridized carbons (Fsp3) is 0.429. The fourth-order valence-corrected chi connectivity index (χ4v) is 6.27. The lowest BCUT2D eigenvalue weighted by molar-refractivity contribution is -0.136. The molecular formula is C28H31N3O4S. The zero-order valence-electron chi connectivity index (χ0n) is 20.3. The summed E-state index contributed by atoms with van der Waals surface area (Å²) in [6.07, 6.45) is 6.12. The zero-order chi connectivity index (χ0) is 25.1. The van der Waals surface area contributed by atoms with Crippen molar-refractivity contribution < 1.29 is 19.2 Å². The van der Waals surface area contributed by atoms with Crippen LogP contribution >= 0.6 is 11.8 Å². The van der Waals surface area contributed by atoms with Crippen molar-refractivity contribution in [3.63, 3.8) is 0 Å². The van der Waals surface area contributed by atoms with Crippen LogP contribution < -0.4 is 5.32 Å². The van der Waals surface area contributed by atoms with Gasteiger partial charge in [0, 0.05) is 17.9 Å². The van der Waals surface area contributed by atoms with Gasteiger partial charge in [0.2, 0.25) is 11.8 Å². The van der Waals surface area contributed by atoms with E-state index in [2.05, 4.69) is 34.5 Å². The van der Waals surface area contributed by atoms with E-state index in [1.54, 1.807) is 23.9 Å². The topological polar surface area (TPSA) is 86.8 Å². The number of fused-ring (bicyclic) bond motifs is 1. The van der Waals surface area contributed by atoms with Gasteiger partial charge in [-0.2, -0.15) is 0 Å². The fourth-order valence-electron chi connectivity index (χ4n) is 5.25. The Labute approximate surface area is 215 Å². The predicted octanol–water partition coefficient (Wildman–Crippen LogP) is 3.80. The molecule has 188 valence electrons. The molecule has 0 saturated carbocycles.